The topological polar surface area (TPSA) is 54.4 Å². The number of allylic oxidation sites excluding steroid dienone is 4. The minimum Gasteiger partial charge on any atom is -0.388 e. The second-order valence-corrected chi connectivity index (χ2v) is 7.73. The Hall–Kier alpha value is -1.48. The van der Waals surface area contributed by atoms with E-state index in [1.807, 2.05) is 12.2 Å². The summed E-state index contributed by atoms with van der Waals surface area (Å²) in [6.07, 6.45) is 7.19. The molecule has 0 saturated heterocycles. The number of ketones is 2. The summed E-state index contributed by atoms with van der Waals surface area (Å²) in [5, 5.41) is 10.1. The van der Waals surface area contributed by atoms with Gasteiger partial charge in [-0.15, -0.1) is 0 Å². The van der Waals surface area contributed by atoms with Crippen LogP contribution in [-0.2, 0) is 9.59 Å². The van der Waals surface area contributed by atoms with Gasteiger partial charge in [0.25, 0.3) is 0 Å². The number of fused-ring (bicyclic) bond motifs is 1. The molecule has 1 unspecified atom stereocenters. The lowest BCUT2D eigenvalue weighted by molar-refractivity contribution is -0.131. The van der Waals surface area contributed by atoms with Crippen LogP contribution in [0, 0.1) is 17.3 Å². The van der Waals surface area contributed by atoms with E-state index in [4.69, 9.17) is 0 Å². The quantitative estimate of drug-likeness (QED) is 0.546. The summed E-state index contributed by atoms with van der Waals surface area (Å²) < 4.78 is 0. The van der Waals surface area contributed by atoms with E-state index in [9.17, 15) is 14.7 Å². The third kappa shape index (κ3) is 3.89. The van der Waals surface area contributed by atoms with Gasteiger partial charge in [-0.1, -0.05) is 31.6 Å². The lowest BCUT2D eigenvalue weighted by atomic mass is 9.99. The maximum atomic E-state index is 12.2. The zero-order chi connectivity index (χ0) is 17.4. The Bertz CT molecular complexity index is 604. The highest BCUT2D eigenvalue weighted by Crippen LogP contribution is 2.61. The first-order valence-electron chi connectivity index (χ1n) is 8.43. The van der Waals surface area contributed by atoms with E-state index in [1.165, 1.54) is 11.6 Å². The van der Waals surface area contributed by atoms with Gasteiger partial charge in [0, 0.05) is 0 Å². The fourth-order valence-electron chi connectivity index (χ4n) is 3.56. The van der Waals surface area contributed by atoms with Gasteiger partial charge in [-0.2, -0.15) is 0 Å². The largest absolute Gasteiger partial charge is 0.388 e. The Morgan fingerprint density at radius 3 is 2.48 bits per heavy atom. The van der Waals surface area contributed by atoms with Crippen LogP contribution in [0.1, 0.15) is 53.9 Å². The number of carbonyl (C=O) groups excluding carboxylic acids is 2. The highest BCUT2D eigenvalue weighted by atomic mass is 16.3. The van der Waals surface area contributed by atoms with Gasteiger partial charge in [-0.25, -0.2) is 0 Å². The third-order valence-corrected chi connectivity index (χ3v) is 5.57. The molecule has 1 saturated carbocycles. The number of rotatable bonds is 0. The van der Waals surface area contributed by atoms with E-state index in [-0.39, 0.29) is 5.41 Å². The third-order valence-electron chi connectivity index (χ3n) is 5.57. The SMILES string of the molecule is C/C1=C\CC(O)/C(C)=C/C(=O)C(=O)/C(C)=C/[C@@H]2[C@@H](CC1)C2(C)C. The molecule has 0 spiro atoms. The van der Waals surface area contributed by atoms with Gasteiger partial charge >= 0.3 is 0 Å². The predicted molar refractivity (Wildman–Crippen MR) is 91.9 cm³/mol. The number of aliphatic hydroxyl groups is 1. The van der Waals surface area contributed by atoms with Crippen LogP contribution in [0.25, 0.3) is 0 Å². The molecule has 1 fully saturated rings. The van der Waals surface area contributed by atoms with Gasteiger partial charge in [0.1, 0.15) is 0 Å². The molecular weight excluding hydrogens is 288 g/mol. The van der Waals surface area contributed by atoms with E-state index in [0.29, 0.717) is 29.4 Å². The van der Waals surface area contributed by atoms with Crippen molar-refractivity contribution in [3.63, 3.8) is 0 Å². The Morgan fingerprint density at radius 2 is 1.83 bits per heavy atom. The van der Waals surface area contributed by atoms with Crippen molar-refractivity contribution >= 4 is 11.6 Å². The zero-order valence-corrected chi connectivity index (χ0v) is 14.8. The van der Waals surface area contributed by atoms with Crippen LogP contribution in [-0.4, -0.2) is 22.8 Å². The summed E-state index contributed by atoms with van der Waals surface area (Å²) in [6.45, 7) is 9.97. The smallest absolute Gasteiger partial charge is 0.228 e. The second kappa shape index (κ2) is 6.56. The van der Waals surface area contributed by atoms with Crippen LogP contribution in [0.5, 0.6) is 0 Å². The van der Waals surface area contributed by atoms with Crippen molar-refractivity contribution in [2.45, 2.75) is 60.0 Å². The molecule has 0 heterocycles. The second-order valence-electron chi connectivity index (χ2n) is 7.73. The van der Waals surface area contributed by atoms with Gasteiger partial charge in [0.15, 0.2) is 0 Å². The van der Waals surface area contributed by atoms with Gasteiger partial charge in [-0.3, -0.25) is 9.59 Å². The Morgan fingerprint density at radius 1 is 1.17 bits per heavy atom. The summed E-state index contributed by atoms with van der Waals surface area (Å²) in [7, 11) is 0. The zero-order valence-electron chi connectivity index (χ0n) is 14.8. The Kier molecular flexibility index (Phi) is 5.10. The predicted octanol–water partition coefficient (Wildman–Crippen LogP) is 3.78. The first-order valence-corrected chi connectivity index (χ1v) is 8.43. The van der Waals surface area contributed by atoms with Crippen molar-refractivity contribution in [2.24, 2.45) is 17.3 Å². The molecule has 0 aromatic heterocycles. The first kappa shape index (κ1) is 17.9. The highest BCUT2D eigenvalue weighted by Gasteiger charge is 2.55. The van der Waals surface area contributed by atoms with Crippen LogP contribution in [0.2, 0.25) is 0 Å². The Balaban J connectivity index is 2.32. The highest BCUT2D eigenvalue weighted by molar-refractivity contribution is 6.47. The molecular formula is C20H28O3. The minimum atomic E-state index is -0.709. The molecule has 0 radical (unpaired) electrons. The van der Waals surface area contributed by atoms with E-state index in [0.717, 1.165) is 12.8 Å². The summed E-state index contributed by atoms with van der Waals surface area (Å²) in [6, 6.07) is 0. The van der Waals surface area contributed by atoms with Crippen molar-refractivity contribution in [3.05, 3.63) is 34.9 Å². The number of Topliss-reactive ketones (excluding diaryl/α,β-unsaturated/α-hetero) is 1. The molecule has 0 aliphatic heterocycles. The average molecular weight is 316 g/mol. The first-order chi connectivity index (χ1) is 10.6. The minimum absolute atomic E-state index is 0.191. The van der Waals surface area contributed by atoms with E-state index < -0.39 is 17.7 Å². The van der Waals surface area contributed by atoms with Gasteiger partial charge < -0.3 is 5.11 Å². The van der Waals surface area contributed by atoms with Crippen molar-refractivity contribution in [1.29, 1.82) is 0 Å². The molecule has 0 aromatic carbocycles. The van der Waals surface area contributed by atoms with Crippen LogP contribution in [0.15, 0.2) is 34.9 Å². The molecule has 3 atom stereocenters. The average Bonchev–Trinajstić information content (AvgIpc) is 3.00. The van der Waals surface area contributed by atoms with Crippen molar-refractivity contribution < 1.29 is 14.7 Å². The summed E-state index contributed by atoms with van der Waals surface area (Å²) in [5.74, 6) is -0.0793. The number of hydrogen-bond acceptors (Lipinski definition) is 3. The van der Waals surface area contributed by atoms with Gasteiger partial charge in [-0.05, 0) is 74.5 Å². The molecule has 0 amide bonds. The van der Waals surface area contributed by atoms with E-state index >= 15 is 0 Å². The van der Waals surface area contributed by atoms with Crippen molar-refractivity contribution in [2.75, 3.05) is 0 Å². The molecule has 126 valence electrons. The lowest BCUT2D eigenvalue weighted by Gasteiger charge is -2.10. The molecule has 0 bridgehead atoms. The molecule has 2 aliphatic carbocycles. The molecule has 2 aliphatic rings. The standard InChI is InChI=1S/C20H28O3/c1-12-6-8-15-16(20(15,4)5)10-14(3)19(23)18(22)11-13(2)17(21)9-7-12/h7,10-11,15-17,21H,6,8-9H2,1-5H3/b12-7+,13-11+,14-10+/t15-,16-,17?/m1/s1. The maximum absolute atomic E-state index is 12.2. The molecule has 0 aromatic rings. The van der Waals surface area contributed by atoms with E-state index in [2.05, 4.69) is 20.8 Å². The molecule has 2 rings (SSSR count). The van der Waals surface area contributed by atoms with Crippen LogP contribution >= 0.6 is 0 Å². The fourth-order valence-corrected chi connectivity index (χ4v) is 3.56. The summed E-state index contributed by atoms with van der Waals surface area (Å²) in [4.78, 5) is 24.3. The normalized spacial score (nSPS) is 39.0. The van der Waals surface area contributed by atoms with Crippen LogP contribution in [0.3, 0.4) is 0 Å². The van der Waals surface area contributed by atoms with Gasteiger partial charge in [0.05, 0.1) is 6.10 Å². The number of carbonyl (C=O) groups is 2. The van der Waals surface area contributed by atoms with Gasteiger partial charge in [0.2, 0.25) is 11.6 Å². The summed E-state index contributed by atoms with van der Waals surface area (Å²) in [5.41, 5.74) is 2.54. The maximum Gasteiger partial charge on any atom is 0.228 e. The lowest BCUT2D eigenvalue weighted by Crippen LogP contribution is -2.16. The monoisotopic (exact) mass is 316 g/mol. The van der Waals surface area contributed by atoms with Crippen LogP contribution in [0.4, 0.5) is 0 Å². The summed E-state index contributed by atoms with van der Waals surface area (Å²) >= 11 is 0. The van der Waals surface area contributed by atoms with Crippen molar-refractivity contribution in [3.8, 4) is 0 Å². The number of aliphatic hydroxyl groups excluding tert-OH is 1. The molecule has 3 nitrogen and oxygen atoms in total. The Labute approximate surface area is 139 Å². The molecule has 23 heavy (non-hydrogen) atoms. The number of hydrogen-bond donors (Lipinski definition) is 1. The fraction of sp³-hybridized carbons (Fsp3) is 0.600. The molecule has 1 N–H and O–H groups in total. The van der Waals surface area contributed by atoms with E-state index in [1.54, 1.807) is 13.8 Å². The van der Waals surface area contributed by atoms with Crippen LogP contribution < -0.4 is 0 Å². The van der Waals surface area contributed by atoms with Crippen molar-refractivity contribution in [1.82, 2.24) is 0 Å². The molecule has 3 heteroatoms.